The molecule has 0 aromatic carbocycles. The highest BCUT2D eigenvalue weighted by atomic mass is 16.3. The Kier molecular flexibility index (Phi) is 4.00. The molecule has 0 radical (unpaired) electrons. The maximum atomic E-state index is 9.19. The Labute approximate surface area is 107 Å². The summed E-state index contributed by atoms with van der Waals surface area (Å²) in [5.74, 6) is 0.690. The molecule has 1 aliphatic rings. The van der Waals surface area contributed by atoms with Gasteiger partial charge in [-0.25, -0.2) is 4.98 Å². The maximum Gasteiger partial charge on any atom is 0.152 e. The van der Waals surface area contributed by atoms with Gasteiger partial charge >= 0.3 is 0 Å². The molecular formula is C13H18N4O. The van der Waals surface area contributed by atoms with Crippen LogP contribution in [0.5, 0.6) is 0 Å². The number of nitriles is 1. The summed E-state index contributed by atoms with van der Waals surface area (Å²) in [5.41, 5.74) is 6.93. The third kappa shape index (κ3) is 2.54. The van der Waals surface area contributed by atoms with E-state index in [1.165, 1.54) is 19.0 Å². The number of aliphatic hydroxyl groups is 1. The Morgan fingerprint density at radius 1 is 1.50 bits per heavy atom. The highest BCUT2D eigenvalue weighted by Crippen LogP contribution is 2.30. The molecule has 0 amide bonds. The van der Waals surface area contributed by atoms with Gasteiger partial charge in [0.15, 0.2) is 5.82 Å². The number of pyridine rings is 1. The summed E-state index contributed by atoms with van der Waals surface area (Å²) in [4.78, 5) is 6.35. The summed E-state index contributed by atoms with van der Waals surface area (Å²) in [5, 5.41) is 18.0. The van der Waals surface area contributed by atoms with E-state index in [9.17, 15) is 5.11 Å². The largest absolute Gasteiger partial charge is 0.396 e. The Hall–Kier alpha value is -1.80. The molecule has 0 atom stereocenters. The molecule has 1 aromatic rings. The molecule has 18 heavy (non-hydrogen) atoms. The van der Waals surface area contributed by atoms with Gasteiger partial charge in [0.1, 0.15) is 6.07 Å². The Balaban J connectivity index is 2.27. The van der Waals surface area contributed by atoms with Crippen molar-refractivity contribution < 1.29 is 5.11 Å². The van der Waals surface area contributed by atoms with Crippen LogP contribution in [-0.2, 0) is 0 Å². The van der Waals surface area contributed by atoms with Crippen molar-refractivity contribution in [1.29, 1.82) is 5.26 Å². The van der Waals surface area contributed by atoms with E-state index in [-0.39, 0.29) is 6.61 Å². The summed E-state index contributed by atoms with van der Waals surface area (Å²) in [7, 11) is 0. The second-order valence-electron chi connectivity index (χ2n) is 4.60. The van der Waals surface area contributed by atoms with E-state index in [0.29, 0.717) is 29.7 Å². The first-order valence-corrected chi connectivity index (χ1v) is 6.29. The molecule has 3 N–H and O–H groups in total. The Morgan fingerprint density at radius 2 is 2.22 bits per heavy atom. The quantitative estimate of drug-likeness (QED) is 0.835. The monoisotopic (exact) mass is 246 g/mol. The van der Waals surface area contributed by atoms with Gasteiger partial charge in [-0.3, -0.25) is 0 Å². The number of nitrogens with two attached hydrogens (primary N) is 1. The zero-order chi connectivity index (χ0) is 13.0. The number of rotatable bonds is 4. The number of nitrogens with zero attached hydrogens (tertiary/aromatic N) is 3. The molecule has 1 saturated carbocycles. The van der Waals surface area contributed by atoms with Crippen molar-refractivity contribution in [3.05, 3.63) is 17.8 Å². The van der Waals surface area contributed by atoms with E-state index in [2.05, 4.69) is 9.88 Å². The lowest BCUT2D eigenvalue weighted by Crippen LogP contribution is -2.36. The first kappa shape index (κ1) is 12.7. The number of anilines is 2. The minimum Gasteiger partial charge on any atom is -0.396 e. The van der Waals surface area contributed by atoms with E-state index < -0.39 is 0 Å². The molecule has 0 aliphatic heterocycles. The molecule has 1 fully saturated rings. The second-order valence-corrected chi connectivity index (χ2v) is 4.60. The SMILES string of the molecule is N#Cc1cnc(N(CCO)C2CCCC2)c(N)c1. The second kappa shape index (κ2) is 5.69. The fourth-order valence-electron chi connectivity index (χ4n) is 2.56. The highest BCUT2D eigenvalue weighted by Gasteiger charge is 2.24. The molecule has 1 heterocycles. The van der Waals surface area contributed by atoms with Gasteiger partial charge in [0.2, 0.25) is 0 Å². The third-order valence-corrected chi connectivity index (χ3v) is 3.40. The molecule has 0 bridgehead atoms. The standard InChI is InChI=1S/C13H18N4O/c14-8-10-7-12(15)13(16-9-10)17(5-6-18)11-3-1-2-4-11/h7,9,11,18H,1-6,15H2. The summed E-state index contributed by atoms with van der Waals surface area (Å²) in [6, 6.07) is 4.07. The first-order chi connectivity index (χ1) is 8.76. The highest BCUT2D eigenvalue weighted by molar-refractivity contribution is 5.65. The molecule has 5 heteroatoms. The van der Waals surface area contributed by atoms with Crippen molar-refractivity contribution in [3.63, 3.8) is 0 Å². The zero-order valence-electron chi connectivity index (χ0n) is 10.3. The van der Waals surface area contributed by atoms with Crippen molar-refractivity contribution >= 4 is 11.5 Å². The van der Waals surface area contributed by atoms with E-state index >= 15 is 0 Å². The zero-order valence-corrected chi connectivity index (χ0v) is 10.3. The lowest BCUT2D eigenvalue weighted by Gasteiger charge is -2.30. The smallest absolute Gasteiger partial charge is 0.152 e. The predicted octanol–water partition coefficient (Wildman–Crippen LogP) is 1.28. The number of aromatic nitrogens is 1. The van der Waals surface area contributed by atoms with Crippen LogP contribution in [0.4, 0.5) is 11.5 Å². The van der Waals surface area contributed by atoms with Gasteiger partial charge in [-0.1, -0.05) is 12.8 Å². The lowest BCUT2D eigenvalue weighted by molar-refractivity contribution is 0.297. The van der Waals surface area contributed by atoms with Gasteiger partial charge < -0.3 is 15.7 Å². The topological polar surface area (TPSA) is 86.2 Å². The van der Waals surface area contributed by atoms with Crippen LogP contribution in [0.15, 0.2) is 12.3 Å². The molecular weight excluding hydrogens is 228 g/mol. The average molecular weight is 246 g/mol. The van der Waals surface area contributed by atoms with Crippen LogP contribution < -0.4 is 10.6 Å². The molecule has 2 rings (SSSR count). The normalized spacial score (nSPS) is 15.6. The van der Waals surface area contributed by atoms with Crippen LogP contribution in [-0.4, -0.2) is 29.3 Å². The summed E-state index contributed by atoms with van der Waals surface area (Å²) < 4.78 is 0. The van der Waals surface area contributed by atoms with E-state index in [1.54, 1.807) is 6.07 Å². The molecule has 0 saturated heterocycles. The molecule has 0 unspecified atom stereocenters. The number of hydrogen-bond acceptors (Lipinski definition) is 5. The van der Waals surface area contributed by atoms with Crippen molar-refractivity contribution in [1.82, 2.24) is 4.98 Å². The van der Waals surface area contributed by atoms with Gasteiger partial charge in [-0.05, 0) is 18.9 Å². The minimum absolute atomic E-state index is 0.0810. The summed E-state index contributed by atoms with van der Waals surface area (Å²) >= 11 is 0. The van der Waals surface area contributed by atoms with Crippen molar-refractivity contribution in [2.45, 2.75) is 31.7 Å². The molecule has 96 valence electrons. The summed E-state index contributed by atoms with van der Waals surface area (Å²) in [6.45, 7) is 0.616. The number of hydrogen-bond donors (Lipinski definition) is 2. The van der Waals surface area contributed by atoms with Gasteiger partial charge in [-0.2, -0.15) is 5.26 Å². The van der Waals surface area contributed by atoms with Crippen LogP contribution in [0.1, 0.15) is 31.2 Å². The Morgan fingerprint density at radius 3 is 2.78 bits per heavy atom. The molecule has 5 nitrogen and oxygen atoms in total. The van der Waals surface area contributed by atoms with Gasteiger partial charge in [0, 0.05) is 18.8 Å². The molecule has 1 aliphatic carbocycles. The van der Waals surface area contributed by atoms with Crippen molar-refractivity contribution in [3.8, 4) is 6.07 Å². The van der Waals surface area contributed by atoms with Gasteiger partial charge in [0.25, 0.3) is 0 Å². The van der Waals surface area contributed by atoms with Crippen LogP contribution in [0.25, 0.3) is 0 Å². The maximum absolute atomic E-state index is 9.19. The number of nitrogen functional groups attached to an aromatic ring is 1. The number of aliphatic hydroxyl groups excluding tert-OH is 1. The first-order valence-electron chi connectivity index (χ1n) is 6.29. The van der Waals surface area contributed by atoms with Gasteiger partial charge in [-0.15, -0.1) is 0 Å². The van der Waals surface area contributed by atoms with Crippen LogP contribution in [0.3, 0.4) is 0 Å². The third-order valence-electron chi connectivity index (χ3n) is 3.40. The molecule has 1 aromatic heterocycles. The fourth-order valence-corrected chi connectivity index (χ4v) is 2.56. The Bertz CT molecular complexity index is 449. The van der Waals surface area contributed by atoms with Crippen LogP contribution in [0, 0.1) is 11.3 Å². The fraction of sp³-hybridized carbons (Fsp3) is 0.538. The van der Waals surface area contributed by atoms with Crippen LogP contribution >= 0.6 is 0 Å². The van der Waals surface area contributed by atoms with E-state index in [0.717, 1.165) is 12.8 Å². The van der Waals surface area contributed by atoms with Crippen LogP contribution in [0.2, 0.25) is 0 Å². The lowest BCUT2D eigenvalue weighted by atomic mass is 10.2. The average Bonchev–Trinajstić information content (AvgIpc) is 2.90. The molecule has 0 spiro atoms. The van der Waals surface area contributed by atoms with Crippen molar-refractivity contribution in [2.24, 2.45) is 0 Å². The predicted molar refractivity (Wildman–Crippen MR) is 70.1 cm³/mol. The minimum atomic E-state index is 0.0810. The van der Waals surface area contributed by atoms with Gasteiger partial charge in [0.05, 0.1) is 17.9 Å². The van der Waals surface area contributed by atoms with E-state index in [4.69, 9.17) is 11.0 Å². The van der Waals surface area contributed by atoms with Crippen molar-refractivity contribution in [2.75, 3.05) is 23.8 Å². The van der Waals surface area contributed by atoms with E-state index in [1.807, 2.05) is 6.07 Å². The summed E-state index contributed by atoms with van der Waals surface area (Å²) in [6.07, 6.45) is 6.18.